The number of halogens is 5. The first-order valence-corrected chi connectivity index (χ1v) is 8.01. The number of alkyl halides is 3. The quantitative estimate of drug-likeness (QED) is 0.621. The molecule has 3 aromatic rings. The average molecular weight is 398 g/mol. The van der Waals surface area contributed by atoms with Crippen molar-refractivity contribution in [2.24, 2.45) is 7.05 Å². The van der Waals surface area contributed by atoms with Gasteiger partial charge in [0.2, 0.25) is 0 Å². The van der Waals surface area contributed by atoms with Crippen LogP contribution < -0.4 is 5.32 Å². The minimum absolute atomic E-state index is 0.0644. The molecule has 0 fully saturated rings. The van der Waals surface area contributed by atoms with Crippen molar-refractivity contribution in [3.8, 4) is 11.1 Å². The second-order valence-corrected chi connectivity index (χ2v) is 6.10. The lowest BCUT2D eigenvalue weighted by Crippen LogP contribution is -2.18. The third kappa shape index (κ3) is 3.95. The van der Waals surface area contributed by atoms with Gasteiger partial charge in [0.1, 0.15) is 5.82 Å². The maximum Gasteiger partial charge on any atom is 0.435 e. The largest absolute Gasteiger partial charge is 0.435 e. The van der Waals surface area contributed by atoms with Crippen molar-refractivity contribution in [2.75, 3.05) is 5.32 Å². The molecule has 9 heteroatoms. The number of carbonyl (C=O) groups is 1. The number of hydrogen-bond donors (Lipinski definition) is 1. The topological polar surface area (TPSA) is 46.9 Å². The molecule has 2 aromatic carbocycles. The molecule has 0 bridgehead atoms. The van der Waals surface area contributed by atoms with Gasteiger partial charge in [-0.15, -0.1) is 0 Å². The van der Waals surface area contributed by atoms with Crippen LogP contribution in [0.5, 0.6) is 0 Å². The highest BCUT2D eigenvalue weighted by Gasteiger charge is 2.39. The third-order valence-corrected chi connectivity index (χ3v) is 4.05. The summed E-state index contributed by atoms with van der Waals surface area (Å²) in [5, 5.41) is 5.69. The maximum absolute atomic E-state index is 13.8. The molecule has 4 nitrogen and oxygen atoms in total. The number of nitrogens with one attached hydrogen (secondary N) is 1. The van der Waals surface area contributed by atoms with E-state index in [1.807, 2.05) is 0 Å². The molecule has 1 heterocycles. The number of para-hydroxylation sites is 1. The lowest BCUT2D eigenvalue weighted by molar-refractivity contribution is -0.141. The zero-order valence-corrected chi connectivity index (χ0v) is 14.6. The Morgan fingerprint density at radius 1 is 1.19 bits per heavy atom. The van der Waals surface area contributed by atoms with Crippen LogP contribution in [0.3, 0.4) is 0 Å². The predicted octanol–water partition coefficient (Wildman–Crippen LogP) is 5.15. The monoisotopic (exact) mass is 397 g/mol. The molecule has 0 atom stereocenters. The van der Waals surface area contributed by atoms with Gasteiger partial charge in [-0.3, -0.25) is 9.48 Å². The first-order valence-electron chi connectivity index (χ1n) is 7.63. The fraction of sp³-hybridized carbons (Fsp3) is 0.111. The minimum Gasteiger partial charge on any atom is -0.321 e. The van der Waals surface area contributed by atoms with E-state index >= 15 is 0 Å². The van der Waals surface area contributed by atoms with Gasteiger partial charge < -0.3 is 5.32 Å². The van der Waals surface area contributed by atoms with Gasteiger partial charge in [-0.25, -0.2) is 4.39 Å². The van der Waals surface area contributed by atoms with Crippen LogP contribution in [0.15, 0.2) is 48.7 Å². The molecule has 140 valence electrons. The summed E-state index contributed by atoms with van der Waals surface area (Å²) < 4.78 is 53.9. The molecule has 1 aromatic heterocycles. The second-order valence-electron chi connectivity index (χ2n) is 5.69. The average Bonchev–Trinajstić information content (AvgIpc) is 3.00. The summed E-state index contributed by atoms with van der Waals surface area (Å²) in [7, 11) is 1.29. The van der Waals surface area contributed by atoms with E-state index in [0.29, 0.717) is 11.1 Å². The van der Waals surface area contributed by atoms with Crippen molar-refractivity contribution < 1.29 is 22.4 Å². The molecule has 0 spiro atoms. The molecular weight excluding hydrogens is 386 g/mol. The first-order chi connectivity index (χ1) is 12.7. The number of amides is 1. The van der Waals surface area contributed by atoms with Gasteiger partial charge in [0, 0.05) is 24.5 Å². The molecule has 3 rings (SSSR count). The number of aromatic nitrogens is 2. The van der Waals surface area contributed by atoms with Gasteiger partial charge in [0.15, 0.2) is 5.69 Å². The Balaban J connectivity index is 1.98. The van der Waals surface area contributed by atoms with Crippen molar-refractivity contribution in [1.82, 2.24) is 9.78 Å². The number of benzene rings is 2. The smallest absolute Gasteiger partial charge is 0.321 e. The Hall–Kier alpha value is -2.87. The lowest BCUT2D eigenvalue weighted by atomic mass is 10.0. The Morgan fingerprint density at radius 2 is 1.89 bits per heavy atom. The lowest BCUT2D eigenvalue weighted by Gasteiger charge is -2.12. The fourth-order valence-corrected chi connectivity index (χ4v) is 2.68. The fourth-order valence-electron chi connectivity index (χ4n) is 2.56. The van der Waals surface area contributed by atoms with Crippen molar-refractivity contribution in [3.05, 3.63) is 70.8 Å². The second kappa shape index (κ2) is 7.03. The van der Waals surface area contributed by atoms with Crippen LogP contribution in [0, 0.1) is 5.82 Å². The van der Waals surface area contributed by atoms with Gasteiger partial charge >= 0.3 is 6.18 Å². The van der Waals surface area contributed by atoms with E-state index in [2.05, 4.69) is 10.4 Å². The number of anilines is 1. The highest BCUT2D eigenvalue weighted by molar-refractivity contribution is 6.30. The summed E-state index contributed by atoms with van der Waals surface area (Å²) in [6, 6.07) is 10.4. The van der Waals surface area contributed by atoms with Crippen LogP contribution >= 0.6 is 11.6 Å². The Morgan fingerprint density at radius 3 is 2.56 bits per heavy atom. The Labute approximate surface area is 156 Å². The van der Waals surface area contributed by atoms with Gasteiger partial charge in [-0.2, -0.15) is 18.3 Å². The molecule has 0 unspecified atom stereocenters. The summed E-state index contributed by atoms with van der Waals surface area (Å²) >= 11 is 5.67. The predicted molar refractivity (Wildman–Crippen MR) is 93.0 cm³/mol. The molecule has 0 saturated heterocycles. The zero-order chi connectivity index (χ0) is 19.8. The van der Waals surface area contributed by atoms with Crippen LogP contribution in [0.1, 0.15) is 16.1 Å². The molecule has 0 radical (unpaired) electrons. The van der Waals surface area contributed by atoms with Crippen molar-refractivity contribution in [1.29, 1.82) is 0 Å². The highest BCUT2D eigenvalue weighted by atomic mass is 35.5. The van der Waals surface area contributed by atoms with Crippen LogP contribution in [-0.4, -0.2) is 15.7 Å². The SMILES string of the molecule is Cn1cc(C(=O)Nc2ccccc2-c2ccc(Cl)c(F)c2)c(C(F)(F)F)n1. The molecule has 0 saturated carbocycles. The van der Waals surface area contributed by atoms with Crippen LogP contribution in [0.25, 0.3) is 11.1 Å². The molecule has 1 N–H and O–H groups in total. The summed E-state index contributed by atoms with van der Waals surface area (Å²) in [5.74, 6) is -1.63. The van der Waals surface area contributed by atoms with Crippen LogP contribution in [0.2, 0.25) is 5.02 Å². The number of hydrogen-bond acceptors (Lipinski definition) is 2. The van der Waals surface area contributed by atoms with E-state index in [1.165, 1.54) is 25.2 Å². The summed E-state index contributed by atoms with van der Waals surface area (Å²) in [6.45, 7) is 0. The number of aryl methyl sites for hydroxylation is 1. The van der Waals surface area contributed by atoms with Gasteiger partial charge in [-0.1, -0.05) is 35.9 Å². The standard InChI is InChI=1S/C18H12ClF4N3O/c1-26-9-12(16(25-26)18(21,22)23)17(27)24-15-5-3-2-4-11(15)10-6-7-13(19)14(20)8-10/h2-9H,1H3,(H,24,27). The first kappa shape index (κ1) is 18.9. The highest BCUT2D eigenvalue weighted by Crippen LogP contribution is 2.33. The Bertz CT molecular complexity index is 1010. The van der Waals surface area contributed by atoms with E-state index in [9.17, 15) is 22.4 Å². The van der Waals surface area contributed by atoms with E-state index in [4.69, 9.17) is 11.6 Å². The van der Waals surface area contributed by atoms with Gasteiger partial charge in [0.05, 0.1) is 10.6 Å². The zero-order valence-electron chi connectivity index (χ0n) is 13.8. The van der Waals surface area contributed by atoms with E-state index in [0.717, 1.165) is 10.9 Å². The molecule has 27 heavy (non-hydrogen) atoms. The van der Waals surface area contributed by atoms with Crippen molar-refractivity contribution in [3.63, 3.8) is 0 Å². The van der Waals surface area contributed by atoms with E-state index in [-0.39, 0.29) is 10.7 Å². The molecular formula is C18H12ClF4N3O. The van der Waals surface area contributed by atoms with Gasteiger partial charge in [-0.05, 0) is 23.8 Å². The number of carbonyl (C=O) groups excluding carboxylic acids is 1. The maximum atomic E-state index is 13.8. The molecule has 0 aliphatic carbocycles. The minimum atomic E-state index is -4.77. The summed E-state index contributed by atoms with van der Waals surface area (Å²) in [5.41, 5.74) is -0.824. The third-order valence-electron chi connectivity index (χ3n) is 3.75. The summed E-state index contributed by atoms with van der Waals surface area (Å²) in [4.78, 5) is 12.4. The summed E-state index contributed by atoms with van der Waals surface area (Å²) in [6.07, 6.45) is -3.78. The van der Waals surface area contributed by atoms with Crippen molar-refractivity contribution in [2.45, 2.75) is 6.18 Å². The molecule has 0 aliphatic heterocycles. The molecule has 0 aliphatic rings. The number of nitrogens with zero attached hydrogens (tertiary/aromatic N) is 2. The van der Waals surface area contributed by atoms with Crippen molar-refractivity contribution >= 4 is 23.2 Å². The molecule has 1 amide bonds. The number of rotatable bonds is 3. The van der Waals surface area contributed by atoms with Crippen LogP contribution in [-0.2, 0) is 13.2 Å². The van der Waals surface area contributed by atoms with E-state index < -0.39 is 29.2 Å². The Kier molecular flexibility index (Phi) is 4.93. The van der Waals surface area contributed by atoms with E-state index in [1.54, 1.807) is 24.3 Å². The normalized spacial score (nSPS) is 11.5. The van der Waals surface area contributed by atoms with Gasteiger partial charge in [0.25, 0.3) is 5.91 Å². The van der Waals surface area contributed by atoms with Crippen LogP contribution in [0.4, 0.5) is 23.2 Å².